The maximum atomic E-state index is 12.4. The van der Waals surface area contributed by atoms with Gasteiger partial charge in [-0.1, -0.05) is 6.07 Å². The Morgan fingerprint density at radius 1 is 1.21 bits per heavy atom. The summed E-state index contributed by atoms with van der Waals surface area (Å²) in [5, 5.41) is 2.97. The van der Waals surface area contributed by atoms with E-state index in [1.807, 2.05) is 22.9 Å². The second kappa shape index (κ2) is 8.90. The number of fused-ring (bicyclic) bond motifs is 1. The first-order valence-electron chi connectivity index (χ1n) is 9.58. The summed E-state index contributed by atoms with van der Waals surface area (Å²) in [7, 11) is 0. The van der Waals surface area contributed by atoms with Gasteiger partial charge in [0.25, 0.3) is 5.91 Å². The van der Waals surface area contributed by atoms with Gasteiger partial charge in [0.15, 0.2) is 5.65 Å². The van der Waals surface area contributed by atoms with Crippen molar-refractivity contribution in [3.63, 3.8) is 0 Å². The van der Waals surface area contributed by atoms with Crippen LogP contribution in [0.1, 0.15) is 22.3 Å². The van der Waals surface area contributed by atoms with Gasteiger partial charge in [0.05, 0.1) is 31.6 Å². The summed E-state index contributed by atoms with van der Waals surface area (Å²) in [5.74, 6) is -0.113. The molecule has 146 valence electrons. The van der Waals surface area contributed by atoms with Crippen molar-refractivity contribution >= 4 is 17.1 Å². The maximum absolute atomic E-state index is 12.4. The zero-order valence-electron chi connectivity index (χ0n) is 15.8. The van der Waals surface area contributed by atoms with E-state index in [4.69, 9.17) is 4.74 Å². The minimum absolute atomic E-state index is 0.113. The van der Waals surface area contributed by atoms with Crippen molar-refractivity contribution in [2.75, 3.05) is 39.4 Å². The molecular formula is C20H24N6O2. The molecule has 1 amide bonds. The van der Waals surface area contributed by atoms with Crippen molar-refractivity contribution < 1.29 is 9.53 Å². The van der Waals surface area contributed by atoms with Gasteiger partial charge in [-0.2, -0.15) is 0 Å². The Hall–Kier alpha value is -2.84. The molecule has 1 fully saturated rings. The fourth-order valence-corrected chi connectivity index (χ4v) is 3.31. The molecule has 1 N–H and O–H groups in total. The number of morpholine rings is 1. The van der Waals surface area contributed by atoms with Gasteiger partial charge in [-0.3, -0.25) is 14.7 Å². The molecule has 0 unspecified atom stereocenters. The number of ether oxygens (including phenoxy) is 1. The van der Waals surface area contributed by atoms with Gasteiger partial charge >= 0.3 is 0 Å². The molecule has 0 aliphatic carbocycles. The van der Waals surface area contributed by atoms with Gasteiger partial charge in [0, 0.05) is 38.2 Å². The summed E-state index contributed by atoms with van der Waals surface area (Å²) in [6.07, 6.45) is 7.85. The first kappa shape index (κ1) is 18.5. The Balaban J connectivity index is 1.33. The number of nitrogens with zero attached hydrogens (tertiary/aromatic N) is 5. The molecule has 4 heterocycles. The van der Waals surface area contributed by atoms with E-state index in [0.717, 1.165) is 50.5 Å². The van der Waals surface area contributed by atoms with Crippen LogP contribution in [0.25, 0.3) is 11.2 Å². The third kappa shape index (κ3) is 4.52. The van der Waals surface area contributed by atoms with Crippen molar-refractivity contribution in [1.82, 2.24) is 29.7 Å². The van der Waals surface area contributed by atoms with E-state index in [1.165, 1.54) is 0 Å². The van der Waals surface area contributed by atoms with Gasteiger partial charge in [0.1, 0.15) is 5.52 Å². The zero-order valence-corrected chi connectivity index (χ0v) is 15.8. The molecule has 1 aliphatic rings. The molecule has 0 spiro atoms. The number of amides is 1. The number of carbonyl (C=O) groups is 1. The summed E-state index contributed by atoms with van der Waals surface area (Å²) in [6.45, 7) is 5.79. The summed E-state index contributed by atoms with van der Waals surface area (Å²) < 4.78 is 7.30. The Morgan fingerprint density at radius 2 is 2.11 bits per heavy atom. The second-order valence-corrected chi connectivity index (χ2v) is 6.86. The molecule has 0 saturated carbocycles. The van der Waals surface area contributed by atoms with Crippen LogP contribution in [-0.4, -0.2) is 69.7 Å². The van der Waals surface area contributed by atoms with Gasteiger partial charge < -0.3 is 14.6 Å². The largest absolute Gasteiger partial charge is 0.379 e. The molecule has 8 nitrogen and oxygen atoms in total. The van der Waals surface area contributed by atoms with Gasteiger partial charge in [-0.15, -0.1) is 0 Å². The second-order valence-electron chi connectivity index (χ2n) is 6.86. The van der Waals surface area contributed by atoms with Crippen LogP contribution in [-0.2, 0) is 11.3 Å². The maximum Gasteiger partial charge on any atom is 0.252 e. The normalized spacial score (nSPS) is 15.0. The van der Waals surface area contributed by atoms with E-state index in [0.29, 0.717) is 24.2 Å². The van der Waals surface area contributed by atoms with Crippen molar-refractivity contribution in [2.24, 2.45) is 0 Å². The highest BCUT2D eigenvalue weighted by molar-refractivity contribution is 5.96. The lowest BCUT2D eigenvalue weighted by Crippen LogP contribution is -2.38. The van der Waals surface area contributed by atoms with Crippen molar-refractivity contribution in [3.8, 4) is 0 Å². The average molecular weight is 380 g/mol. The van der Waals surface area contributed by atoms with Crippen LogP contribution < -0.4 is 5.32 Å². The smallest absolute Gasteiger partial charge is 0.252 e. The predicted molar refractivity (Wildman–Crippen MR) is 105 cm³/mol. The van der Waals surface area contributed by atoms with Crippen molar-refractivity contribution in [3.05, 3.63) is 54.2 Å². The van der Waals surface area contributed by atoms with Gasteiger partial charge in [0.2, 0.25) is 0 Å². The molecule has 0 atom stereocenters. The summed E-state index contributed by atoms with van der Waals surface area (Å²) >= 11 is 0. The first-order valence-corrected chi connectivity index (χ1v) is 9.58. The number of pyridine rings is 2. The minimum atomic E-state index is -0.113. The zero-order chi connectivity index (χ0) is 19.2. The number of aromatic nitrogens is 4. The highest BCUT2D eigenvalue weighted by atomic mass is 16.5. The van der Waals surface area contributed by atoms with E-state index < -0.39 is 0 Å². The van der Waals surface area contributed by atoms with Crippen LogP contribution in [0.4, 0.5) is 0 Å². The fourth-order valence-electron chi connectivity index (χ4n) is 3.31. The predicted octanol–water partition coefficient (Wildman–Crippen LogP) is 1.33. The third-order valence-electron chi connectivity index (χ3n) is 4.83. The SMILES string of the molecule is O=C(NCCCN1CCOCC1)c1cnc2c(c1)ncn2Cc1cccnc1. The summed E-state index contributed by atoms with van der Waals surface area (Å²) in [4.78, 5) is 27.8. The van der Waals surface area contributed by atoms with Crippen molar-refractivity contribution in [1.29, 1.82) is 0 Å². The Morgan fingerprint density at radius 3 is 2.93 bits per heavy atom. The molecule has 3 aromatic heterocycles. The Labute approximate surface area is 163 Å². The molecular weight excluding hydrogens is 356 g/mol. The van der Waals surface area contributed by atoms with Crippen LogP contribution in [0, 0.1) is 0 Å². The molecule has 8 heteroatoms. The number of carbonyl (C=O) groups excluding carboxylic acids is 1. The molecule has 0 radical (unpaired) electrons. The van der Waals surface area contributed by atoms with E-state index in [1.54, 1.807) is 24.8 Å². The molecule has 1 saturated heterocycles. The number of rotatable bonds is 7. The molecule has 0 aromatic carbocycles. The number of imidazole rings is 1. The first-order chi connectivity index (χ1) is 13.8. The minimum Gasteiger partial charge on any atom is -0.379 e. The monoisotopic (exact) mass is 380 g/mol. The lowest BCUT2D eigenvalue weighted by atomic mass is 10.2. The van der Waals surface area contributed by atoms with Crippen LogP contribution in [0.3, 0.4) is 0 Å². The lowest BCUT2D eigenvalue weighted by Gasteiger charge is -2.26. The topological polar surface area (TPSA) is 85.2 Å². The van der Waals surface area contributed by atoms with Crippen LogP contribution in [0.2, 0.25) is 0 Å². The molecule has 28 heavy (non-hydrogen) atoms. The summed E-state index contributed by atoms with van der Waals surface area (Å²) in [5.41, 5.74) is 3.08. The lowest BCUT2D eigenvalue weighted by molar-refractivity contribution is 0.0374. The van der Waals surface area contributed by atoms with Gasteiger partial charge in [-0.25, -0.2) is 9.97 Å². The van der Waals surface area contributed by atoms with E-state index in [9.17, 15) is 4.79 Å². The standard InChI is InChI=1S/C20H24N6O2/c27-20(22-5-2-6-25-7-9-28-10-8-25)17-11-18-19(23-13-17)26(15-24-18)14-16-3-1-4-21-12-16/h1,3-4,11-13,15H,2,5-10,14H2,(H,22,27). The molecule has 4 rings (SSSR count). The van der Waals surface area contributed by atoms with Crippen LogP contribution in [0.15, 0.2) is 43.1 Å². The fraction of sp³-hybridized carbons (Fsp3) is 0.400. The highest BCUT2D eigenvalue weighted by Crippen LogP contribution is 2.14. The highest BCUT2D eigenvalue weighted by Gasteiger charge is 2.12. The van der Waals surface area contributed by atoms with Crippen LogP contribution >= 0.6 is 0 Å². The number of hydrogen-bond acceptors (Lipinski definition) is 6. The van der Waals surface area contributed by atoms with E-state index in [2.05, 4.69) is 25.2 Å². The molecule has 0 bridgehead atoms. The number of hydrogen-bond donors (Lipinski definition) is 1. The number of nitrogens with one attached hydrogen (secondary N) is 1. The van der Waals surface area contributed by atoms with Crippen molar-refractivity contribution in [2.45, 2.75) is 13.0 Å². The summed E-state index contributed by atoms with van der Waals surface area (Å²) in [6, 6.07) is 5.71. The quantitative estimate of drug-likeness (QED) is 0.623. The van der Waals surface area contributed by atoms with Gasteiger partial charge in [-0.05, 0) is 30.7 Å². The van der Waals surface area contributed by atoms with E-state index >= 15 is 0 Å². The molecule has 1 aliphatic heterocycles. The average Bonchev–Trinajstić information content (AvgIpc) is 3.14. The Kier molecular flexibility index (Phi) is 5.89. The van der Waals surface area contributed by atoms with Crippen LogP contribution in [0.5, 0.6) is 0 Å². The molecule has 3 aromatic rings. The van der Waals surface area contributed by atoms with E-state index in [-0.39, 0.29) is 5.91 Å². The Bertz CT molecular complexity index is 921. The third-order valence-corrected chi connectivity index (χ3v) is 4.83.